The van der Waals surface area contributed by atoms with Gasteiger partial charge >= 0.3 is 0 Å². The Morgan fingerprint density at radius 2 is 1.82 bits per heavy atom. The fourth-order valence-electron chi connectivity index (χ4n) is 1.89. The lowest BCUT2D eigenvalue weighted by molar-refractivity contribution is 0.0995. The van der Waals surface area contributed by atoms with Crippen molar-refractivity contribution >= 4 is 28.3 Å². The second-order valence-electron chi connectivity index (χ2n) is 4.85. The highest BCUT2D eigenvalue weighted by Crippen LogP contribution is 2.18. The predicted molar refractivity (Wildman–Crippen MR) is 86.1 cm³/mol. The molecule has 1 aromatic carbocycles. The molecule has 0 aliphatic carbocycles. The summed E-state index contributed by atoms with van der Waals surface area (Å²) < 4.78 is 0. The normalized spacial score (nSPS) is 10.4. The third-order valence-corrected chi connectivity index (χ3v) is 4.01. The van der Waals surface area contributed by atoms with Gasteiger partial charge in [-0.25, -0.2) is 0 Å². The smallest absolute Gasteiger partial charge is 0.257 e. The summed E-state index contributed by atoms with van der Waals surface area (Å²) in [6.45, 7) is 2.15. The molecule has 0 radical (unpaired) electrons. The molecule has 0 saturated carbocycles. The van der Waals surface area contributed by atoms with Crippen LogP contribution in [0.4, 0.5) is 5.13 Å². The van der Waals surface area contributed by atoms with E-state index in [0.29, 0.717) is 16.3 Å². The van der Waals surface area contributed by atoms with Crippen LogP contribution in [0.1, 0.15) is 51.9 Å². The molecule has 0 atom stereocenters. The average molecular weight is 318 g/mol. The standard InChI is InChI=1S/C15H18N4O2S/c1-2-3-4-5-12-18-19-15(22-12)17-14(21)11-8-6-10(7-9-11)13(16)20/h6-9H,2-5H2,1H3,(H2,16,20)(H,17,19,21). The van der Waals surface area contributed by atoms with Crippen molar-refractivity contribution in [3.63, 3.8) is 0 Å². The number of nitrogens with zero attached hydrogens (tertiary/aromatic N) is 2. The Labute approximate surface area is 132 Å². The van der Waals surface area contributed by atoms with Crippen LogP contribution in [0.3, 0.4) is 0 Å². The molecule has 6 nitrogen and oxygen atoms in total. The quantitative estimate of drug-likeness (QED) is 0.767. The van der Waals surface area contributed by atoms with E-state index in [2.05, 4.69) is 22.4 Å². The lowest BCUT2D eigenvalue weighted by atomic mass is 10.1. The molecule has 2 rings (SSSR count). The van der Waals surface area contributed by atoms with Crippen LogP contribution in [0.25, 0.3) is 0 Å². The molecule has 22 heavy (non-hydrogen) atoms. The van der Waals surface area contributed by atoms with Crippen molar-refractivity contribution in [3.8, 4) is 0 Å². The first-order valence-corrected chi connectivity index (χ1v) is 7.95. The molecule has 1 aromatic heterocycles. The van der Waals surface area contributed by atoms with Crippen molar-refractivity contribution in [2.75, 3.05) is 5.32 Å². The fraction of sp³-hybridized carbons (Fsp3) is 0.333. The molecule has 0 unspecified atom stereocenters. The molecule has 1 heterocycles. The summed E-state index contributed by atoms with van der Waals surface area (Å²) in [5.74, 6) is -0.805. The number of hydrogen-bond acceptors (Lipinski definition) is 5. The van der Waals surface area contributed by atoms with Crippen LogP contribution < -0.4 is 11.1 Å². The summed E-state index contributed by atoms with van der Waals surface area (Å²) in [5, 5.41) is 12.1. The van der Waals surface area contributed by atoms with Crippen LogP contribution in [0.2, 0.25) is 0 Å². The lowest BCUT2D eigenvalue weighted by Crippen LogP contribution is -2.14. The molecule has 116 valence electrons. The summed E-state index contributed by atoms with van der Waals surface area (Å²) in [6.07, 6.45) is 4.28. The number of benzene rings is 1. The Balaban J connectivity index is 1.95. The van der Waals surface area contributed by atoms with Gasteiger partial charge < -0.3 is 5.73 Å². The largest absolute Gasteiger partial charge is 0.366 e. The zero-order chi connectivity index (χ0) is 15.9. The molecule has 7 heteroatoms. The topological polar surface area (TPSA) is 98.0 Å². The summed E-state index contributed by atoms with van der Waals surface area (Å²) in [7, 11) is 0. The third kappa shape index (κ3) is 4.36. The minimum atomic E-state index is -0.521. The molecule has 0 bridgehead atoms. The monoisotopic (exact) mass is 318 g/mol. The van der Waals surface area contributed by atoms with Crippen molar-refractivity contribution in [1.82, 2.24) is 10.2 Å². The van der Waals surface area contributed by atoms with Gasteiger partial charge in [0.2, 0.25) is 11.0 Å². The van der Waals surface area contributed by atoms with Crippen LogP contribution in [-0.4, -0.2) is 22.0 Å². The highest BCUT2D eigenvalue weighted by atomic mass is 32.1. The molecule has 2 aromatic rings. The van der Waals surface area contributed by atoms with Gasteiger partial charge in [-0.15, -0.1) is 10.2 Å². The maximum Gasteiger partial charge on any atom is 0.257 e. The van der Waals surface area contributed by atoms with Gasteiger partial charge in [-0.1, -0.05) is 31.1 Å². The molecular weight excluding hydrogens is 300 g/mol. The van der Waals surface area contributed by atoms with E-state index in [0.717, 1.165) is 30.7 Å². The van der Waals surface area contributed by atoms with E-state index >= 15 is 0 Å². The number of amides is 2. The third-order valence-electron chi connectivity index (χ3n) is 3.11. The molecule has 2 amide bonds. The van der Waals surface area contributed by atoms with Gasteiger partial charge in [-0.3, -0.25) is 14.9 Å². The Bertz CT molecular complexity index is 652. The number of nitrogens with one attached hydrogen (secondary N) is 1. The van der Waals surface area contributed by atoms with E-state index in [9.17, 15) is 9.59 Å². The van der Waals surface area contributed by atoms with Gasteiger partial charge in [-0.05, 0) is 30.7 Å². The van der Waals surface area contributed by atoms with Gasteiger partial charge in [0.25, 0.3) is 5.91 Å². The SMILES string of the molecule is CCCCCc1nnc(NC(=O)c2ccc(C(N)=O)cc2)s1. The Hall–Kier alpha value is -2.28. The maximum atomic E-state index is 12.1. The van der Waals surface area contributed by atoms with Crippen LogP contribution in [0.5, 0.6) is 0 Å². The summed E-state index contributed by atoms with van der Waals surface area (Å²) >= 11 is 1.39. The average Bonchev–Trinajstić information content (AvgIpc) is 2.95. The number of rotatable bonds is 7. The van der Waals surface area contributed by atoms with Crippen molar-refractivity contribution in [3.05, 3.63) is 40.4 Å². The number of aryl methyl sites for hydroxylation is 1. The number of carbonyl (C=O) groups is 2. The Kier molecular flexibility index (Phi) is 5.60. The summed E-state index contributed by atoms with van der Waals surface area (Å²) in [4.78, 5) is 23.1. The second kappa shape index (κ2) is 7.65. The summed E-state index contributed by atoms with van der Waals surface area (Å²) in [6, 6.07) is 6.15. The first-order valence-electron chi connectivity index (χ1n) is 7.13. The molecule has 0 fully saturated rings. The predicted octanol–water partition coefficient (Wildman–Crippen LogP) is 2.62. The number of primary amides is 1. The zero-order valence-corrected chi connectivity index (χ0v) is 13.2. The highest BCUT2D eigenvalue weighted by molar-refractivity contribution is 7.15. The minimum absolute atomic E-state index is 0.285. The van der Waals surface area contributed by atoms with E-state index in [1.54, 1.807) is 12.1 Å². The van der Waals surface area contributed by atoms with E-state index in [1.165, 1.54) is 23.5 Å². The number of nitrogens with two attached hydrogens (primary N) is 1. The van der Waals surface area contributed by atoms with Crippen molar-refractivity contribution in [2.24, 2.45) is 5.73 Å². The van der Waals surface area contributed by atoms with Crippen LogP contribution in [-0.2, 0) is 6.42 Å². The number of unbranched alkanes of at least 4 members (excludes halogenated alkanes) is 2. The Morgan fingerprint density at radius 3 is 2.45 bits per heavy atom. The molecule has 0 aliphatic heterocycles. The van der Waals surface area contributed by atoms with Crippen LogP contribution >= 0.6 is 11.3 Å². The van der Waals surface area contributed by atoms with E-state index in [1.807, 2.05) is 0 Å². The highest BCUT2D eigenvalue weighted by Gasteiger charge is 2.11. The van der Waals surface area contributed by atoms with Gasteiger partial charge in [0.15, 0.2) is 0 Å². The van der Waals surface area contributed by atoms with Gasteiger partial charge in [-0.2, -0.15) is 0 Å². The van der Waals surface area contributed by atoms with Crippen molar-refractivity contribution in [2.45, 2.75) is 32.6 Å². The second-order valence-corrected chi connectivity index (χ2v) is 5.92. The first kappa shape index (κ1) is 16.1. The van der Waals surface area contributed by atoms with E-state index in [4.69, 9.17) is 5.73 Å². The molecule has 0 aliphatic rings. The van der Waals surface area contributed by atoms with Crippen LogP contribution in [0, 0.1) is 0 Å². The first-order chi connectivity index (χ1) is 10.6. The number of aromatic nitrogens is 2. The molecule has 0 saturated heterocycles. The van der Waals surface area contributed by atoms with E-state index < -0.39 is 5.91 Å². The Morgan fingerprint density at radius 1 is 1.14 bits per heavy atom. The molecule has 0 spiro atoms. The van der Waals surface area contributed by atoms with Gasteiger partial charge in [0.05, 0.1) is 0 Å². The van der Waals surface area contributed by atoms with E-state index in [-0.39, 0.29) is 5.91 Å². The number of anilines is 1. The zero-order valence-electron chi connectivity index (χ0n) is 12.3. The lowest BCUT2D eigenvalue weighted by Gasteiger charge is -2.01. The number of carbonyl (C=O) groups excluding carboxylic acids is 2. The van der Waals surface area contributed by atoms with Crippen LogP contribution in [0.15, 0.2) is 24.3 Å². The maximum absolute atomic E-state index is 12.1. The van der Waals surface area contributed by atoms with Gasteiger partial charge in [0.1, 0.15) is 5.01 Å². The molecular formula is C15H18N4O2S. The van der Waals surface area contributed by atoms with Gasteiger partial charge in [0, 0.05) is 17.5 Å². The molecule has 3 N–H and O–H groups in total. The van der Waals surface area contributed by atoms with Crippen molar-refractivity contribution < 1.29 is 9.59 Å². The fourth-order valence-corrected chi connectivity index (χ4v) is 2.66. The number of hydrogen-bond donors (Lipinski definition) is 2. The summed E-state index contributed by atoms with van der Waals surface area (Å²) in [5.41, 5.74) is 5.96. The minimum Gasteiger partial charge on any atom is -0.366 e. The van der Waals surface area contributed by atoms with Crippen molar-refractivity contribution in [1.29, 1.82) is 0 Å².